The third kappa shape index (κ3) is 3.44. The van der Waals surface area contributed by atoms with Crippen LogP contribution in [0.1, 0.15) is 5.56 Å². The van der Waals surface area contributed by atoms with Crippen LogP contribution in [0.15, 0.2) is 59.5 Å². The Labute approximate surface area is 145 Å². The highest BCUT2D eigenvalue weighted by molar-refractivity contribution is 8.00. The molecule has 0 spiro atoms. The number of nitrogens with zero attached hydrogens (tertiary/aromatic N) is 1. The maximum absolute atomic E-state index is 12.8. The summed E-state index contributed by atoms with van der Waals surface area (Å²) in [6.45, 7) is -0.165. The lowest BCUT2D eigenvalue weighted by molar-refractivity contribution is -0.123. The van der Waals surface area contributed by atoms with Gasteiger partial charge in [-0.2, -0.15) is 0 Å². The third-order valence-corrected chi connectivity index (χ3v) is 5.34. The number of nitrogens with two attached hydrogens (primary N) is 2. The Morgan fingerprint density at radius 3 is 2.46 bits per heavy atom. The predicted molar refractivity (Wildman–Crippen MR) is 95.8 cm³/mol. The zero-order chi connectivity index (χ0) is 17.1. The van der Waals surface area contributed by atoms with Crippen LogP contribution >= 0.6 is 11.8 Å². The summed E-state index contributed by atoms with van der Waals surface area (Å²) < 4.78 is 0. The number of hydrogen-bond donors (Lipinski definition) is 2. The largest absolute Gasteiger partial charge is 0.368 e. The van der Waals surface area contributed by atoms with E-state index in [9.17, 15) is 9.59 Å². The van der Waals surface area contributed by atoms with Crippen LogP contribution in [0, 0.1) is 0 Å². The van der Waals surface area contributed by atoms with E-state index in [0.717, 1.165) is 10.5 Å². The van der Waals surface area contributed by atoms with Crippen LogP contribution in [0.2, 0.25) is 0 Å². The van der Waals surface area contributed by atoms with E-state index >= 15 is 0 Å². The van der Waals surface area contributed by atoms with Crippen molar-refractivity contribution < 1.29 is 9.59 Å². The molecule has 3 rings (SSSR count). The molecule has 4 N–H and O–H groups in total. The average molecular weight is 341 g/mol. The molecule has 0 radical (unpaired) electrons. The first kappa shape index (κ1) is 16.5. The molecule has 0 bridgehead atoms. The Balaban J connectivity index is 1.95. The second kappa shape index (κ2) is 7.07. The van der Waals surface area contributed by atoms with Crippen LogP contribution < -0.4 is 16.4 Å². The SMILES string of the molecule is NC(=O)CN1C(=O)C(N)C(Cc2ccccc2)Sc2ccccc21. The van der Waals surface area contributed by atoms with Crippen molar-refractivity contribution >= 4 is 29.3 Å². The normalized spacial score (nSPS) is 20.4. The number of para-hydroxylation sites is 1. The quantitative estimate of drug-likeness (QED) is 0.883. The van der Waals surface area contributed by atoms with Crippen molar-refractivity contribution in [3.8, 4) is 0 Å². The maximum Gasteiger partial charge on any atom is 0.245 e. The molecule has 2 amide bonds. The van der Waals surface area contributed by atoms with Crippen molar-refractivity contribution in [1.29, 1.82) is 0 Å². The zero-order valence-electron chi connectivity index (χ0n) is 13.1. The van der Waals surface area contributed by atoms with Crippen molar-refractivity contribution in [1.82, 2.24) is 0 Å². The first-order valence-corrected chi connectivity index (χ1v) is 8.59. The summed E-state index contributed by atoms with van der Waals surface area (Å²) >= 11 is 1.58. The number of anilines is 1. The molecule has 2 unspecified atom stereocenters. The van der Waals surface area contributed by atoms with Gasteiger partial charge in [-0.1, -0.05) is 42.5 Å². The van der Waals surface area contributed by atoms with E-state index in [1.165, 1.54) is 4.90 Å². The fourth-order valence-corrected chi connectivity index (χ4v) is 4.13. The Bertz CT molecular complexity index is 751. The van der Waals surface area contributed by atoms with E-state index in [2.05, 4.69) is 0 Å². The fourth-order valence-electron chi connectivity index (χ4n) is 2.81. The third-order valence-electron chi connectivity index (χ3n) is 3.98. The van der Waals surface area contributed by atoms with E-state index < -0.39 is 11.9 Å². The van der Waals surface area contributed by atoms with Gasteiger partial charge in [0.05, 0.1) is 11.7 Å². The molecule has 0 saturated carbocycles. The Hall–Kier alpha value is -2.31. The average Bonchev–Trinajstić information content (AvgIpc) is 2.67. The Morgan fingerprint density at radius 1 is 1.08 bits per heavy atom. The number of rotatable bonds is 4. The molecule has 5 nitrogen and oxygen atoms in total. The highest BCUT2D eigenvalue weighted by Crippen LogP contribution is 2.38. The number of carbonyl (C=O) groups excluding carboxylic acids is 2. The number of carbonyl (C=O) groups is 2. The lowest BCUT2D eigenvalue weighted by Crippen LogP contribution is -2.50. The van der Waals surface area contributed by atoms with Crippen LogP contribution in [0.5, 0.6) is 0 Å². The molecule has 2 aromatic carbocycles. The summed E-state index contributed by atoms with van der Waals surface area (Å²) in [5.41, 5.74) is 13.4. The molecule has 2 aromatic rings. The van der Waals surface area contributed by atoms with Gasteiger partial charge in [0.1, 0.15) is 6.54 Å². The minimum Gasteiger partial charge on any atom is -0.368 e. The van der Waals surface area contributed by atoms with E-state index in [0.29, 0.717) is 12.1 Å². The highest BCUT2D eigenvalue weighted by Gasteiger charge is 2.35. The Morgan fingerprint density at radius 2 is 1.75 bits per heavy atom. The van der Waals surface area contributed by atoms with E-state index in [1.807, 2.05) is 54.6 Å². The van der Waals surface area contributed by atoms with Crippen LogP contribution in [0.3, 0.4) is 0 Å². The second-order valence-electron chi connectivity index (χ2n) is 5.73. The van der Waals surface area contributed by atoms with Gasteiger partial charge in [0.2, 0.25) is 11.8 Å². The summed E-state index contributed by atoms with van der Waals surface area (Å²) in [5, 5.41) is -0.112. The van der Waals surface area contributed by atoms with Crippen molar-refractivity contribution in [2.45, 2.75) is 22.6 Å². The topological polar surface area (TPSA) is 89.4 Å². The van der Waals surface area contributed by atoms with Crippen molar-refractivity contribution in [3.63, 3.8) is 0 Å². The van der Waals surface area contributed by atoms with E-state index in [4.69, 9.17) is 11.5 Å². The highest BCUT2D eigenvalue weighted by atomic mass is 32.2. The van der Waals surface area contributed by atoms with Gasteiger partial charge >= 0.3 is 0 Å². The minimum absolute atomic E-state index is 0.112. The van der Waals surface area contributed by atoms with Gasteiger partial charge in [-0.25, -0.2) is 0 Å². The van der Waals surface area contributed by atoms with Crippen LogP contribution in [-0.4, -0.2) is 29.7 Å². The van der Waals surface area contributed by atoms with Gasteiger partial charge in [-0.3, -0.25) is 9.59 Å². The standard InChI is InChI=1S/C18H19N3O2S/c19-16(22)11-21-13-8-4-5-9-14(13)24-15(17(20)18(21)23)10-12-6-2-1-3-7-12/h1-9,15,17H,10-11,20H2,(H2,19,22). The van der Waals surface area contributed by atoms with Crippen LogP contribution in [-0.2, 0) is 16.0 Å². The van der Waals surface area contributed by atoms with Crippen LogP contribution in [0.25, 0.3) is 0 Å². The molecule has 0 fully saturated rings. The molecular formula is C18H19N3O2S. The molecule has 0 aliphatic carbocycles. The van der Waals surface area contributed by atoms with Gasteiger partial charge in [0, 0.05) is 10.1 Å². The summed E-state index contributed by atoms with van der Waals surface area (Å²) in [4.78, 5) is 26.6. The molecule has 1 aliphatic heterocycles. The lowest BCUT2D eigenvalue weighted by Gasteiger charge is -2.24. The molecule has 124 valence electrons. The number of fused-ring (bicyclic) bond motifs is 1. The molecular weight excluding hydrogens is 322 g/mol. The minimum atomic E-state index is -0.707. The van der Waals surface area contributed by atoms with Gasteiger partial charge in [0.15, 0.2) is 0 Å². The monoisotopic (exact) mass is 341 g/mol. The Kier molecular flexibility index (Phi) is 4.87. The number of amides is 2. The molecule has 2 atom stereocenters. The van der Waals surface area contributed by atoms with Gasteiger partial charge in [0.25, 0.3) is 0 Å². The summed E-state index contributed by atoms with van der Waals surface area (Å²) in [5.74, 6) is -0.830. The van der Waals surface area contributed by atoms with Gasteiger partial charge in [-0.05, 0) is 24.1 Å². The molecule has 0 aromatic heterocycles. The van der Waals surface area contributed by atoms with Crippen molar-refractivity contribution in [3.05, 3.63) is 60.2 Å². The molecule has 0 saturated heterocycles. The molecule has 24 heavy (non-hydrogen) atoms. The number of benzene rings is 2. The van der Waals surface area contributed by atoms with Crippen molar-refractivity contribution in [2.75, 3.05) is 11.4 Å². The molecule has 6 heteroatoms. The smallest absolute Gasteiger partial charge is 0.245 e. The fraction of sp³-hybridized carbons (Fsp3) is 0.222. The second-order valence-corrected chi connectivity index (χ2v) is 7.01. The van der Waals surface area contributed by atoms with Gasteiger partial charge in [-0.15, -0.1) is 11.8 Å². The summed E-state index contributed by atoms with van der Waals surface area (Å²) in [6.07, 6.45) is 0.678. The van der Waals surface area contributed by atoms with E-state index in [1.54, 1.807) is 11.8 Å². The number of thioether (sulfide) groups is 1. The van der Waals surface area contributed by atoms with E-state index in [-0.39, 0.29) is 17.7 Å². The molecule has 1 heterocycles. The summed E-state index contributed by atoms with van der Waals surface area (Å²) in [6, 6.07) is 16.7. The zero-order valence-corrected chi connectivity index (χ0v) is 13.9. The molecule has 1 aliphatic rings. The van der Waals surface area contributed by atoms with Crippen molar-refractivity contribution in [2.24, 2.45) is 11.5 Å². The lowest BCUT2D eigenvalue weighted by atomic mass is 10.0. The summed E-state index contributed by atoms with van der Waals surface area (Å²) in [7, 11) is 0. The number of primary amides is 1. The first-order valence-electron chi connectivity index (χ1n) is 7.71. The predicted octanol–water partition coefficient (Wildman–Crippen LogP) is 1.55. The maximum atomic E-state index is 12.8. The first-order chi connectivity index (χ1) is 11.6. The van der Waals surface area contributed by atoms with Crippen LogP contribution in [0.4, 0.5) is 5.69 Å². The number of hydrogen-bond acceptors (Lipinski definition) is 4. The van der Waals surface area contributed by atoms with Gasteiger partial charge < -0.3 is 16.4 Å².